The van der Waals surface area contributed by atoms with Gasteiger partial charge in [-0.1, -0.05) is 56.3 Å². The average Bonchev–Trinajstić information content (AvgIpc) is 3.61. The van der Waals surface area contributed by atoms with Crippen LogP contribution in [0, 0.1) is 0 Å². The van der Waals surface area contributed by atoms with E-state index < -0.39 is 0 Å². The Morgan fingerprint density at radius 2 is 1.81 bits per heavy atom. The quantitative estimate of drug-likeness (QED) is 0.382. The highest BCUT2D eigenvalue weighted by Gasteiger charge is 2.37. The van der Waals surface area contributed by atoms with Crippen molar-refractivity contribution in [2.75, 3.05) is 19.7 Å². The minimum Gasteiger partial charge on any atom is -0.491 e. The first-order valence-corrected chi connectivity index (χ1v) is 13.8. The van der Waals surface area contributed by atoms with E-state index in [1.54, 1.807) is 16.2 Å². The number of benzene rings is 2. The summed E-state index contributed by atoms with van der Waals surface area (Å²) in [5.74, 6) is 1.32. The Hall–Kier alpha value is -3.12. The number of ether oxygens (including phenoxy) is 1. The molecule has 5 nitrogen and oxygen atoms in total. The molecule has 0 radical (unpaired) electrons. The summed E-state index contributed by atoms with van der Waals surface area (Å²) < 4.78 is 6.21. The first-order chi connectivity index (χ1) is 17.5. The predicted molar refractivity (Wildman–Crippen MR) is 143 cm³/mol. The maximum absolute atomic E-state index is 13.7. The molecule has 1 aromatic heterocycles. The minimum atomic E-state index is -0.150. The summed E-state index contributed by atoms with van der Waals surface area (Å²) in [6.07, 6.45) is 3.13. The summed E-state index contributed by atoms with van der Waals surface area (Å²) in [7, 11) is 0. The third kappa shape index (κ3) is 5.65. The lowest BCUT2D eigenvalue weighted by Crippen LogP contribution is -2.48. The fourth-order valence-corrected chi connectivity index (χ4v) is 5.84. The van der Waals surface area contributed by atoms with E-state index in [1.807, 2.05) is 47.4 Å². The predicted octanol–water partition coefficient (Wildman–Crippen LogP) is 5.61. The summed E-state index contributed by atoms with van der Waals surface area (Å²) in [6, 6.07) is 20.2. The lowest BCUT2D eigenvalue weighted by molar-refractivity contribution is -0.143. The van der Waals surface area contributed by atoms with E-state index in [-0.39, 0.29) is 30.4 Å². The molecule has 6 heteroatoms. The van der Waals surface area contributed by atoms with Crippen LogP contribution in [0.1, 0.15) is 60.2 Å². The van der Waals surface area contributed by atoms with E-state index in [0.717, 1.165) is 30.6 Å². The molecule has 0 spiro atoms. The van der Waals surface area contributed by atoms with Gasteiger partial charge < -0.3 is 14.5 Å². The molecule has 1 fully saturated rings. The molecule has 1 atom stereocenters. The number of amides is 2. The molecule has 2 aliphatic rings. The van der Waals surface area contributed by atoms with Crippen LogP contribution in [0.2, 0.25) is 0 Å². The van der Waals surface area contributed by atoms with Gasteiger partial charge in [-0.15, -0.1) is 11.3 Å². The van der Waals surface area contributed by atoms with E-state index in [1.165, 1.54) is 16.0 Å². The molecular weight excluding hydrogens is 468 g/mol. The first-order valence-electron chi connectivity index (χ1n) is 12.9. The molecule has 2 amide bonds. The number of rotatable bonds is 9. The maximum Gasteiger partial charge on any atom is 0.242 e. The maximum atomic E-state index is 13.7. The average molecular weight is 503 g/mol. The van der Waals surface area contributed by atoms with Gasteiger partial charge in [0.05, 0.1) is 12.5 Å². The number of carbonyl (C=O) groups is 2. The minimum absolute atomic E-state index is 0.00363. The Morgan fingerprint density at radius 1 is 1.06 bits per heavy atom. The van der Waals surface area contributed by atoms with E-state index in [2.05, 4.69) is 37.4 Å². The van der Waals surface area contributed by atoms with Gasteiger partial charge in [0.1, 0.15) is 18.9 Å². The van der Waals surface area contributed by atoms with E-state index in [0.29, 0.717) is 25.5 Å². The second-order valence-electron chi connectivity index (χ2n) is 10.1. The molecule has 1 aliphatic heterocycles. The summed E-state index contributed by atoms with van der Waals surface area (Å²) >= 11 is 1.75. The smallest absolute Gasteiger partial charge is 0.242 e. The second kappa shape index (κ2) is 10.9. The molecule has 188 valence electrons. The Kier molecular flexibility index (Phi) is 7.42. The number of hydrogen-bond donors (Lipinski definition) is 0. The topological polar surface area (TPSA) is 49.9 Å². The van der Waals surface area contributed by atoms with Crippen molar-refractivity contribution in [3.8, 4) is 5.75 Å². The van der Waals surface area contributed by atoms with Crippen LogP contribution in [0.4, 0.5) is 0 Å². The molecule has 36 heavy (non-hydrogen) atoms. The Labute approximate surface area is 217 Å². The van der Waals surface area contributed by atoms with Crippen molar-refractivity contribution in [1.29, 1.82) is 0 Å². The van der Waals surface area contributed by atoms with Crippen LogP contribution in [0.15, 0.2) is 66.0 Å². The first kappa shape index (κ1) is 24.6. The largest absolute Gasteiger partial charge is 0.491 e. The molecule has 0 unspecified atom stereocenters. The molecule has 3 aromatic rings. The van der Waals surface area contributed by atoms with Crippen LogP contribution in [-0.4, -0.2) is 47.4 Å². The van der Waals surface area contributed by atoms with Gasteiger partial charge in [-0.05, 0) is 65.4 Å². The Bertz CT molecular complexity index is 1180. The van der Waals surface area contributed by atoms with Gasteiger partial charge in [0.2, 0.25) is 11.8 Å². The number of nitrogens with zero attached hydrogens (tertiary/aromatic N) is 2. The summed E-state index contributed by atoms with van der Waals surface area (Å²) in [4.78, 5) is 31.9. The summed E-state index contributed by atoms with van der Waals surface area (Å²) in [5, 5.41) is 2.10. The van der Waals surface area contributed by atoms with Crippen molar-refractivity contribution in [3.05, 3.63) is 87.6 Å². The number of carbonyl (C=O) groups excluding carboxylic acids is 2. The van der Waals surface area contributed by atoms with Gasteiger partial charge >= 0.3 is 0 Å². The third-order valence-electron chi connectivity index (χ3n) is 7.18. The van der Waals surface area contributed by atoms with Gasteiger partial charge in [-0.2, -0.15) is 0 Å². The van der Waals surface area contributed by atoms with Crippen LogP contribution < -0.4 is 4.74 Å². The highest BCUT2D eigenvalue weighted by molar-refractivity contribution is 7.10. The highest BCUT2D eigenvalue weighted by Crippen LogP contribution is 2.35. The molecular formula is C30H34N2O3S. The zero-order valence-electron chi connectivity index (χ0n) is 21.1. The van der Waals surface area contributed by atoms with Crippen LogP contribution in [0.5, 0.6) is 5.75 Å². The third-order valence-corrected chi connectivity index (χ3v) is 8.18. The molecule has 2 heterocycles. The lowest BCUT2D eigenvalue weighted by Gasteiger charge is -2.37. The second-order valence-corrected chi connectivity index (χ2v) is 11.1. The Morgan fingerprint density at radius 3 is 2.50 bits per heavy atom. The van der Waals surface area contributed by atoms with Crippen molar-refractivity contribution in [2.24, 2.45) is 0 Å². The number of hydrogen-bond acceptors (Lipinski definition) is 4. The standard InChI is InChI=1S/C30H34N2O3S/c1-21(2)23-8-12-25(13-9-23)35-20-27-26-15-17-36-28(26)14-16-31(27)30(34)19-32(24-10-11-24)29(33)18-22-6-4-3-5-7-22/h3-9,12-13,15,17,21,24,27H,10-11,14,16,18-20H2,1-2H3/t27-/m1/s1. The van der Waals surface area contributed by atoms with Gasteiger partial charge in [0, 0.05) is 17.5 Å². The normalized spacial score (nSPS) is 17.1. The van der Waals surface area contributed by atoms with Crippen LogP contribution >= 0.6 is 11.3 Å². The molecule has 2 aromatic carbocycles. The molecule has 0 bridgehead atoms. The van der Waals surface area contributed by atoms with Gasteiger partial charge in [-0.3, -0.25) is 9.59 Å². The lowest BCUT2D eigenvalue weighted by atomic mass is 10.00. The number of fused-ring (bicyclic) bond motifs is 1. The Balaban J connectivity index is 1.29. The van der Waals surface area contributed by atoms with Crippen LogP contribution in [-0.2, 0) is 22.4 Å². The van der Waals surface area contributed by atoms with Crippen molar-refractivity contribution in [2.45, 2.75) is 57.5 Å². The fraction of sp³-hybridized carbons (Fsp3) is 0.400. The van der Waals surface area contributed by atoms with Crippen molar-refractivity contribution in [3.63, 3.8) is 0 Å². The molecule has 0 N–H and O–H groups in total. The van der Waals surface area contributed by atoms with Crippen LogP contribution in [0.25, 0.3) is 0 Å². The van der Waals surface area contributed by atoms with Gasteiger partial charge in [0.25, 0.3) is 0 Å². The van der Waals surface area contributed by atoms with E-state index in [9.17, 15) is 9.59 Å². The van der Waals surface area contributed by atoms with Crippen molar-refractivity contribution >= 4 is 23.2 Å². The van der Waals surface area contributed by atoms with E-state index >= 15 is 0 Å². The van der Waals surface area contributed by atoms with E-state index in [4.69, 9.17) is 4.74 Å². The fourth-order valence-electron chi connectivity index (χ4n) is 4.91. The zero-order chi connectivity index (χ0) is 25.1. The van der Waals surface area contributed by atoms with Crippen LogP contribution in [0.3, 0.4) is 0 Å². The van der Waals surface area contributed by atoms with Gasteiger partial charge in [-0.25, -0.2) is 0 Å². The summed E-state index contributed by atoms with van der Waals surface area (Å²) in [6.45, 7) is 5.54. The molecule has 1 aliphatic carbocycles. The number of thiophene rings is 1. The SMILES string of the molecule is CC(C)c1ccc(OC[C@@H]2c3ccsc3CCN2C(=O)CN(C(=O)Cc2ccccc2)C2CC2)cc1. The zero-order valence-corrected chi connectivity index (χ0v) is 21.9. The van der Waals surface area contributed by atoms with Crippen molar-refractivity contribution in [1.82, 2.24) is 9.80 Å². The summed E-state index contributed by atoms with van der Waals surface area (Å²) in [5.41, 5.74) is 3.43. The molecule has 1 saturated carbocycles. The monoisotopic (exact) mass is 502 g/mol. The molecule has 5 rings (SSSR count). The highest BCUT2D eigenvalue weighted by atomic mass is 32.1. The van der Waals surface area contributed by atoms with Gasteiger partial charge in [0.15, 0.2) is 0 Å². The molecule has 0 saturated heterocycles. The van der Waals surface area contributed by atoms with Crippen molar-refractivity contribution < 1.29 is 14.3 Å².